The molecule has 3 aliphatic rings. The number of aryl methyl sites for hydroxylation is 1. The third-order valence-electron chi connectivity index (χ3n) is 8.61. The van der Waals surface area contributed by atoms with E-state index in [9.17, 15) is 22.8 Å². The van der Waals surface area contributed by atoms with Gasteiger partial charge in [-0.3, -0.25) is 14.5 Å². The van der Waals surface area contributed by atoms with Crippen LogP contribution in [-0.2, 0) is 19.0 Å². The lowest BCUT2D eigenvalue weighted by Gasteiger charge is -2.48. The topological polar surface area (TPSA) is 74.6 Å². The largest absolute Gasteiger partial charge is 0.416 e. The Balaban J connectivity index is 1.01. The van der Waals surface area contributed by atoms with E-state index in [1.807, 2.05) is 21.9 Å². The Kier molecular flexibility index (Phi) is 7.05. The van der Waals surface area contributed by atoms with Crippen molar-refractivity contribution in [3.63, 3.8) is 0 Å². The predicted molar refractivity (Wildman–Crippen MR) is 155 cm³/mol. The normalized spacial score (nSPS) is 17.7. The first-order valence-electron chi connectivity index (χ1n) is 14.4. The maximum atomic E-state index is 13.5. The second kappa shape index (κ2) is 10.9. The van der Waals surface area contributed by atoms with Gasteiger partial charge in [-0.1, -0.05) is 12.1 Å². The summed E-state index contributed by atoms with van der Waals surface area (Å²) in [6.45, 7) is 4.08. The van der Waals surface area contributed by atoms with Crippen LogP contribution in [0.2, 0.25) is 0 Å². The van der Waals surface area contributed by atoms with Gasteiger partial charge in [-0.25, -0.2) is 9.67 Å². The van der Waals surface area contributed by atoms with E-state index in [-0.39, 0.29) is 17.9 Å². The molecule has 222 valence electrons. The highest BCUT2D eigenvalue weighted by atomic mass is 32.1. The number of hydrogen-bond acceptors (Lipinski definition) is 6. The molecule has 2 fully saturated rings. The number of likely N-dealkylation sites (tertiary alicyclic amines) is 1. The number of hydrogen-bond donors (Lipinski definition) is 0. The number of thiazole rings is 1. The third-order valence-corrected chi connectivity index (χ3v) is 9.37. The summed E-state index contributed by atoms with van der Waals surface area (Å²) in [4.78, 5) is 35.9. The lowest BCUT2D eigenvalue weighted by atomic mass is 10.0. The fraction of sp³-hybridized carbons (Fsp3) is 0.355. The highest BCUT2D eigenvalue weighted by Gasteiger charge is 2.37. The fourth-order valence-corrected chi connectivity index (χ4v) is 6.85. The van der Waals surface area contributed by atoms with E-state index in [1.165, 1.54) is 23.5 Å². The molecule has 4 heterocycles. The molecule has 4 aromatic rings. The maximum absolute atomic E-state index is 13.5. The second-order valence-electron chi connectivity index (χ2n) is 11.2. The number of piperazine rings is 1. The molecule has 43 heavy (non-hydrogen) atoms. The van der Waals surface area contributed by atoms with Crippen molar-refractivity contribution in [2.45, 2.75) is 31.5 Å². The molecule has 8 nitrogen and oxygen atoms in total. The zero-order valence-electron chi connectivity index (χ0n) is 23.3. The van der Waals surface area contributed by atoms with Crippen LogP contribution in [0.1, 0.15) is 43.4 Å². The van der Waals surface area contributed by atoms with E-state index >= 15 is 0 Å². The van der Waals surface area contributed by atoms with E-state index in [0.29, 0.717) is 53.7 Å². The molecular formula is C31H29F3N6O2S. The molecule has 0 N–H and O–H groups in total. The predicted octanol–water partition coefficient (Wildman–Crippen LogP) is 4.79. The summed E-state index contributed by atoms with van der Waals surface area (Å²) in [5, 5.41) is 7.09. The average Bonchev–Trinajstić information content (AvgIpc) is 3.75. The summed E-state index contributed by atoms with van der Waals surface area (Å²) < 4.78 is 42.1. The molecule has 0 bridgehead atoms. The minimum Gasteiger partial charge on any atom is -0.335 e. The molecule has 2 aromatic carbocycles. The van der Waals surface area contributed by atoms with Crippen LogP contribution in [0.4, 0.5) is 13.2 Å². The van der Waals surface area contributed by atoms with Gasteiger partial charge in [-0.2, -0.15) is 18.3 Å². The van der Waals surface area contributed by atoms with Crippen molar-refractivity contribution in [3.8, 4) is 16.9 Å². The van der Waals surface area contributed by atoms with Crippen LogP contribution in [0.3, 0.4) is 0 Å². The molecule has 0 atom stereocenters. The zero-order valence-corrected chi connectivity index (χ0v) is 24.1. The molecule has 2 aromatic heterocycles. The molecule has 2 amide bonds. The van der Waals surface area contributed by atoms with Crippen LogP contribution in [0.15, 0.2) is 60.1 Å². The lowest BCUT2D eigenvalue weighted by Crippen LogP contribution is -2.64. The van der Waals surface area contributed by atoms with Gasteiger partial charge in [-0.05, 0) is 55.7 Å². The van der Waals surface area contributed by atoms with Gasteiger partial charge < -0.3 is 9.80 Å². The number of carbonyl (C=O) groups excluding carboxylic acids is 2. The van der Waals surface area contributed by atoms with Crippen molar-refractivity contribution < 1.29 is 22.8 Å². The van der Waals surface area contributed by atoms with E-state index < -0.39 is 11.7 Å². The van der Waals surface area contributed by atoms with Crippen molar-refractivity contribution in [3.05, 3.63) is 87.5 Å². The summed E-state index contributed by atoms with van der Waals surface area (Å²) in [6, 6.07) is 12.8. The number of rotatable bonds is 5. The molecule has 1 aliphatic carbocycles. The van der Waals surface area contributed by atoms with Crippen molar-refractivity contribution >= 4 is 23.2 Å². The molecule has 0 saturated carbocycles. The van der Waals surface area contributed by atoms with Crippen LogP contribution in [-0.4, -0.2) is 86.6 Å². The van der Waals surface area contributed by atoms with Crippen molar-refractivity contribution in [1.29, 1.82) is 0 Å². The minimum atomic E-state index is -4.43. The molecular weight excluding hydrogens is 577 g/mol. The summed E-state index contributed by atoms with van der Waals surface area (Å²) in [7, 11) is 0. The summed E-state index contributed by atoms with van der Waals surface area (Å²) >= 11 is 1.35. The molecule has 2 aliphatic heterocycles. The second-order valence-corrected chi connectivity index (χ2v) is 12.1. The number of fused-ring (bicyclic) bond motifs is 1. The Labute approximate surface area is 250 Å². The first-order valence-corrected chi connectivity index (χ1v) is 15.2. The van der Waals surface area contributed by atoms with Crippen LogP contribution < -0.4 is 0 Å². The van der Waals surface area contributed by atoms with Gasteiger partial charge in [0.2, 0.25) is 0 Å². The number of nitrogens with zero attached hydrogens (tertiary/aromatic N) is 6. The molecule has 0 spiro atoms. The van der Waals surface area contributed by atoms with Crippen molar-refractivity contribution in [1.82, 2.24) is 29.5 Å². The van der Waals surface area contributed by atoms with Crippen LogP contribution in [0, 0.1) is 0 Å². The van der Waals surface area contributed by atoms with Crippen LogP contribution in [0.25, 0.3) is 16.9 Å². The number of carbonyl (C=O) groups is 2. The number of amides is 2. The highest BCUT2D eigenvalue weighted by molar-refractivity contribution is 7.11. The minimum absolute atomic E-state index is 0.0230. The Bertz CT molecular complexity index is 1650. The summed E-state index contributed by atoms with van der Waals surface area (Å²) in [5.74, 6) is -0.0772. The van der Waals surface area contributed by atoms with Gasteiger partial charge in [0.1, 0.15) is 0 Å². The number of halogens is 3. The van der Waals surface area contributed by atoms with E-state index in [2.05, 4.69) is 9.88 Å². The van der Waals surface area contributed by atoms with Gasteiger partial charge in [0.15, 0.2) is 5.01 Å². The number of alkyl halides is 3. The first kappa shape index (κ1) is 27.8. The number of benzene rings is 2. The van der Waals surface area contributed by atoms with Gasteiger partial charge in [-0.15, -0.1) is 11.3 Å². The molecule has 12 heteroatoms. The quantitative estimate of drug-likeness (QED) is 0.327. The maximum Gasteiger partial charge on any atom is 0.416 e. The lowest BCUT2D eigenvalue weighted by molar-refractivity contribution is -0.137. The molecule has 0 unspecified atom stereocenters. The highest BCUT2D eigenvalue weighted by Crippen LogP contribution is 2.37. The van der Waals surface area contributed by atoms with E-state index in [1.54, 1.807) is 34.5 Å². The standard InChI is InChI=1S/C31H29F3N6O2S/c32-31(33,34)22-4-1-3-21(17-22)27-25-5-2-6-26(25)36-40(27)23-9-7-20(8-10-23)29(41)39-18-24(19-39)37-12-14-38(15-13-37)30(42)28-35-11-16-43-28/h1,3-4,7-11,16-17,24H,2,5-6,12-15,18-19H2. The van der Waals surface area contributed by atoms with Gasteiger partial charge in [0, 0.05) is 73.6 Å². The summed E-state index contributed by atoms with van der Waals surface area (Å²) in [5.41, 5.74) is 3.62. The van der Waals surface area contributed by atoms with Gasteiger partial charge in [0.05, 0.1) is 22.6 Å². The van der Waals surface area contributed by atoms with E-state index in [4.69, 9.17) is 5.10 Å². The number of aromatic nitrogens is 3. The molecule has 0 radical (unpaired) electrons. The summed E-state index contributed by atoms with van der Waals surface area (Å²) in [6.07, 6.45) is -0.308. The van der Waals surface area contributed by atoms with Crippen molar-refractivity contribution in [2.24, 2.45) is 0 Å². The van der Waals surface area contributed by atoms with Gasteiger partial charge in [0.25, 0.3) is 11.8 Å². The molecule has 2 saturated heterocycles. The Morgan fingerprint density at radius 2 is 1.67 bits per heavy atom. The smallest absolute Gasteiger partial charge is 0.335 e. The van der Waals surface area contributed by atoms with Crippen LogP contribution >= 0.6 is 11.3 Å². The third kappa shape index (κ3) is 5.22. The van der Waals surface area contributed by atoms with Gasteiger partial charge >= 0.3 is 6.18 Å². The zero-order chi connectivity index (χ0) is 29.7. The van der Waals surface area contributed by atoms with Crippen molar-refractivity contribution in [2.75, 3.05) is 39.3 Å². The monoisotopic (exact) mass is 606 g/mol. The SMILES string of the molecule is O=C(c1ccc(-n2nc3c(c2-c2cccc(C(F)(F)F)c2)CCC3)cc1)N1CC(N2CCN(C(=O)c3nccs3)CC2)C1. The first-order chi connectivity index (χ1) is 20.8. The van der Waals surface area contributed by atoms with Crippen LogP contribution in [0.5, 0.6) is 0 Å². The Morgan fingerprint density at radius 1 is 0.907 bits per heavy atom. The van der Waals surface area contributed by atoms with E-state index in [0.717, 1.165) is 49.7 Å². The average molecular weight is 607 g/mol. The Hall–Kier alpha value is -4.03. The fourth-order valence-electron chi connectivity index (χ4n) is 6.25. The molecule has 7 rings (SSSR count). The Morgan fingerprint density at radius 3 is 2.37 bits per heavy atom.